The van der Waals surface area contributed by atoms with Gasteiger partial charge in [-0.25, -0.2) is 4.39 Å². The molecule has 0 fully saturated rings. The van der Waals surface area contributed by atoms with Crippen LogP contribution in [0.2, 0.25) is 0 Å². The molecule has 0 saturated heterocycles. The van der Waals surface area contributed by atoms with E-state index in [0.717, 1.165) is 5.39 Å². The highest BCUT2D eigenvalue weighted by atomic mass is 79.9. The number of amides is 1. The number of anilines is 1. The molecular weight excluding hydrogens is 275 g/mol. The second kappa shape index (κ2) is 4.57. The number of halogens is 2. The molecule has 1 unspecified atom stereocenters. The lowest BCUT2D eigenvalue weighted by Gasteiger charge is -2.07. The zero-order chi connectivity index (χ0) is 11.5. The Balaban J connectivity index is 2.41. The molecule has 0 bridgehead atoms. The maximum absolute atomic E-state index is 12.7. The van der Waals surface area contributed by atoms with Gasteiger partial charge in [-0.05, 0) is 28.1 Å². The van der Waals surface area contributed by atoms with E-state index in [0.29, 0.717) is 11.2 Å². The standard InChI is InChI=1S/C11H8BrFN2O/c12-10(13)11(16)15-8-5-1-3-7-4-2-6-14-9(7)8/h1-6,10H,(H,15,16). The Morgan fingerprint density at radius 3 is 2.88 bits per heavy atom. The van der Waals surface area contributed by atoms with Gasteiger partial charge in [-0.15, -0.1) is 0 Å². The molecule has 0 saturated carbocycles. The molecule has 1 aromatic carbocycles. The Bertz CT molecular complexity index is 525. The van der Waals surface area contributed by atoms with Crippen molar-refractivity contribution in [2.45, 2.75) is 5.08 Å². The van der Waals surface area contributed by atoms with Crippen LogP contribution in [0.25, 0.3) is 10.9 Å². The van der Waals surface area contributed by atoms with E-state index in [1.54, 1.807) is 24.4 Å². The number of alkyl halides is 2. The Labute approximate surface area is 99.8 Å². The number of pyridine rings is 1. The molecule has 5 heteroatoms. The summed E-state index contributed by atoms with van der Waals surface area (Å²) in [4.78, 5) is 15.3. The van der Waals surface area contributed by atoms with E-state index in [1.807, 2.05) is 12.1 Å². The summed E-state index contributed by atoms with van der Waals surface area (Å²) in [6, 6.07) is 9.01. The van der Waals surface area contributed by atoms with E-state index in [1.165, 1.54) is 0 Å². The number of hydrogen-bond acceptors (Lipinski definition) is 2. The van der Waals surface area contributed by atoms with Crippen molar-refractivity contribution in [3.8, 4) is 0 Å². The third kappa shape index (κ3) is 2.19. The van der Waals surface area contributed by atoms with Crippen LogP contribution in [0.3, 0.4) is 0 Å². The van der Waals surface area contributed by atoms with Crippen molar-refractivity contribution in [3.05, 3.63) is 36.5 Å². The Morgan fingerprint density at radius 1 is 1.38 bits per heavy atom. The number of carbonyl (C=O) groups excluding carboxylic acids is 1. The Kier molecular flexibility index (Phi) is 3.14. The molecule has 2 aromatic rings. The Hall–Kier alpha value is -1.49. The number of para-hydroxylation sites is 1. The smallest absolute Gasteiger partial charge is 0.270 e. The summed E-state index contributed by atoms with van der Waals surface area (Å²) in [6.07, 6.45) is 1.62. The van der Waals surface area contributed by atoms with Crippen molar-refractivity contribution in [3.63, 3.8) is 0 Å². The van der Waals surface area contributed by atoms with Gasteiger partial charge in [-0.1, -0.05) is 18.2 Å². The number of hydrogen-bond donors (Lipinski definition) is 1. The molecule has 1 atom stereocenters. The van der Waals surface area contributed by atoms with E-state index in [2.05, 4.69) is 26.2 Å². The van der Waals surface area contributed by atoms with E-state index in [-0.39, 0.29) is 0 Å². The van der Waals surface area contributed by atoms with Crippen LogP contribution in [0.4, 0.5) is 10.1 Å². The monoisotopic (exact) mass is 282 g/mol. The molecule has 0 radical (unpaired) electrons. The van der Waals surface area contributed by atoms with Crippen molar-refractivity contribution in [2.75, 3.05) is 5.32 Å². The summed E-state index contributed by atoms with van der Waals surface area (Å²) in [5.41, 5.74) is 1.15. The lowest BCUT2D eigenvalue weighted by atomic mass is 10.2. The molecule has 1 amide bonds. The fourth-order valence-corrected chi connectivity index (χ4v) is 1.51. The average molecular weight is 283 g/mol. The van der Waals surface area contributed by atoms with E-state index >= 15 is 0 Å². The average Bonchev–Trinajstić information content (AvgIpc) is 2.29. The van der Waals surface area contributed by atoms with Gasteiger partial charge < -0.3 is 5.32 Å². The SMILES string of the molecule is O=C(Nc1cccc2cccnc12)C(F)Br. The number of nitrogens with one attached hydrogen (secondary N) is 1. The summed E-state index contributed by atoms with van der Waals surface area (Å²) in [5, 5.41) is 1.64. The van der Waals surface area contributed by atoms with Crippen molar-refractivity contribution in [1.29, 1.82) is 0 Å². The molecule has 1 aromatic heterocycles. The zero-order valence-electron chi connectivity index (χ0n) is 8.15. The molecule has 1 N–H and O–H groups in total. The first-order chi connectivity index (χ1) is 7.68. The molecule has 0 spiro atoms. The minimum atomic E-state index is -1.72. The molecule has 3 nitrogen and oxygen atoms in total. The van der Waals surface area contributed by atoms with Gasteiger partial charge in [0.15, 0.2) is 0 Å². The van der Waals surface area contributed by atoms with Gasteiger partial charge in [0.2, 0.25) is 5.08 Å². The van der Waals surface area contributed by atoms with Crippen molar-refractivity contribution < 1.29 is 9.18 Å². The summed E-state index contributed by atoms with van der Waals surface area (Å²) in [6.45, 7) is 0. The number of carbonyl (C=O) groups is 1. The van der Waals surface area contributed by atoms with Crippen LogP contribution >= 0.6 is 15.9 Å². The van der Waals surface area contributed by atoms with Gasteiger partial charge in [0.05, 0.1) is 11.2 Å². The number of aromatic nitrogens is 1. The van der Waals surface area contributed by atoms with Gasteiger partial charge in [0, 0.05) is 11.6 Å². The molecule has 0 aliphatic heterocycles. The first-order valence-corrected chi connectivity index (χ1v) is 5.53. The second-order valence-electron chi connectivity index (χ2n) is 3.17. The quantitative estimate of drug-likeness (QED) is 0.861. The van der Waals surface area contributed by atoms with Crippen LogP contribution in [0, 0.1) is 0 Å². The summed E-state index contributed by atoms with van der Waals surface area (Å²) in [7, 11) is 0. The van der Waals surface area contributed by atoms with E-state index < -0.39 is 11.0 Å². The normalized spacial score (nSPS) is 12.4. The molecule has 2 rings (SSSR count). The Morgan fingerprint density at radius 2 is 2.12 bits per heavy atom. The van der Waals surface area contributed by atoms with Crippen molar-refractivity contribution in [2.24, 2.45) is 0 Å². The topological polar surface area (TPSA) is 42.0 Å². The maximum atomic E-state index is 12.7. The zero-order valence-corrected chi connectivity index (χ0v) is 9.74. The fourth-order valence-electron chi connectivity index (χ4n) is 1.39. The van der Waals surface area contributed by atoms with Gasteiger partial charge >= 0.3 is 0 Å². The largest absolute Gasteiger partial charge is 0.321 e. The molecule has 82 valence electrons. The fraction of sp³-hybridized carbons (Fsp3) is 0.0909. The molecule has 16 heavy (non-hydrogen) atoms. The molecular formula is C11H8BrFN2O. The minimum absolute atomic E-state index is 0.505. The highest BCUT2D eigenvalue weighted by Gasteiger charge is 2.14. The third-order valence-electron chi connectivity index (χ3n) is 2.09. The molecule has 0 aliphatic carbocycles. The number of nitrogens with zero attached hydrogens (tertiary/aromatic N) is 1. The highest BCUT2D eigenvalue weighted by Crippen LogP contribution is 2.21. The van der Waals surface area contributed by atoms with Gasteiger partial charge in [0.25, 0.3) is 5.91 Å². The van der Waals surface area contributed by atoms with E-state index in [9.17, 15) is 9.18 Å². The molecule has 0 aliphatic rings. The summed E-state index contributed by atoms with van der Waals surface area (Å²) < 4.78 is 12.7. The number of fused-ring (bicyclic) bond motifs is 1. The van der Waals surface area contributed by atoms with Crippen molar-refractivity contribution in [1.82, 2.24) is 4.98 Å². The third-order valence-corrected chi connectivity index (χ3v) is 2.50. The summed E-state index contributed by atoms with van der Waals surface area (Å²) >= 11 is 2.56. The predicted octanol–water partition coefficient (Wildman–Crippen LogP) is 2.86. The van der Waals surface area contributed by atoms with Crippen molar-refractivity contribution >= 4 is 38.4 Å². The van der Waals surface area contributed by atoms with Crippen LogP contribution in [0.1, 0.15) is 0 Å². The second-order valence-corrected chi connectivity index (χ2v) is 3.97. The lowest BCUT2D eigenvalue weighted by molar-refractivity contribution is -0.117. The predicted molar refractivity (Wildman–Crippen MR) is 64.2 cm³/mol. The van der Waals surface area contributed by atoms with Crippen LogP contribution < -0.4 is 5.32 Å². The highest BCUT2D eigenvalue weighted by molar-refractivity contribution is 9.09. The first-order valence-electron chi connectivity index (χ1n) is 4.61. The maximum Gasteiger partial charge on any atom is 0.270 e. The van der Waals surface area contributed by atoms with Gasteiger partial charge in [-0.3, -0.25) is 9.78 Å². The molecule has 1 heterocycles. The van der Waals surface area contributed by atoms with Gasteiger partial charge in [-0.2, -0.15) is 0 Å². The van der Waals surface area contributed by atoms with Crippen LogP contribution in [-0.2, 0) is 4.79 Å². The van der Waals surface area contributed by atoms with Crippen LogP contribution in [0.5, 0.6) is 0 Å². The first kappa shape index (κ1) is 11.0. The summed E-state index contributed by atoms with van der Waals surface area (Å²) in [5.74, 6) is -0.738. The van der Waals surface area contributed by atoms with E-state index in [4.69, 9.17) is 0 Å². The lowest BCUT2D eigenvalue weighted by Crippen LogP contribution is -2.19. The van der Waals surface area contributed by atoms with Crippen LogP contribution in [-0.4, -0.2) is 16.0 Å². The van der Waals surface area contributed by atoms with Crippen LogP contribution in [0.15, 0.2) is 36.5 Å². The van der Waals surface area contributed by atoms with Gasteiger partial charge in [0.1, 0.15) is 0 Å². The number of benzene rings is 1. The minimum Gasteiger partial charge on any atom is -0.321 e. The number of rotatable bonds is 2.